The maximum absolute atomic E-state index is 12.9. The van der Waals surface area contributed by atoms with Gasteiger partial charge >= 0.3 is 0 Å². The third-order valence-electron chi connectivity index (χ3n) is 6.62. The van der Waals surface area contributed by atoms with Gasteiger partial charge in [-0.2, -0.15) is 0 Å². The van der Waals surface area contributed by atoms with Crippen LogP contribution in [0.15, 0.2) is 40.8 Å². The molecule has 1 amide bonds. The fraction of sp³-hybridized carbons (Fsp3) is 0.458. The lowest BCUT2D eigenvalue weighted by Crippen LogP contribution is -2.57. The Hall–Kier alpha value is -2.61. The largest absolute Gasteiger partial charge is 0.495 e. The fourth-order valence-corrected chi connectivity index (χ4v) is 5.01. The van der Waals surface area contributed by atoms with Gasteiger partial charge in [-0.3, -0.25) is 9.69 Å². The second kappa shape index (κ2) is 8.15. The van der Waals surface area contributed by atoms with E-state index in [0.29, 0.717) is 18.0 Å². The van der Waals surface area contributed by atoms with Gasteiger partial charge in [-0.25, -0.2) is 0 Å². The zero-order valence-corrected chi connectivity index (χ0v) is 18.0. The predicted molar refractivity (Wildman–Crippen MR) is 119 cm³/mol. The number of hydrogen-bond donors (Lipinski definition) is 1. The van der Waals surface area contributed by atoms with Crippen LogP contribution in [0.25, 0.3) is 21.9 Å². The Kier molecular flexibility index (Phi) is 5.33. The quantitative estimate of drug-likeness (QED) is 0.672. The summed E-state index contributed by atoms with van der Waals surface area (Å²) in [6.45, 7) is 2.58. The van der Waals surface area contributed by atoms with Crippen molar-refractivity contribution in [1.29, 1.82) is 0 Å². The summed E-state index contributed by atoms with van der Waals surface area (Å²) >= 11 is 0. The highest BCUT2D eigenvalue weighted by Crippen LogP contribution is 2.38. The summed E-state index contributed by atoms with van der Waals surface area (Å²) in [7, 11) is 3.33. The lowest BCUT2D eigenvalue weighted by Gasteiger charge is -2.44. The van der Waals surface area contributed by atoms with Crippen LogP contribution >= 0.6 is 0 Å². The molecule has 2 atom stereocenters. The van der Waals surface area contributed by atoms with Crippen molar-refractivity contribution >= 4 is 33.5 Å². The van der Waals surface area contributed by atoms with Crippen LogP contribution < -0.4 is 10.1 Å². The zero-order chi connectivity index (χ0) is 21.4. The topological polar surface area (TPSA) is 73.2 Å². The van der Waals surface area contributed by atoms with Gasteiger partial charge in [0.25, 0.3) is 0 Å². The Morgan fingerprint density at radius 2 is 2.06 bits per heavy atom. The van der Waals surface area contributed by atoms with Gasteiger partial charge in [0.1, 0.15) is 16.9 Å². The van der Waals surface area contributed by atoms with Crippen LogP contribution in [0, 0.1) is 0 Å². The predicted octanol–water partition coefficient (Wildman–Crippen LogP) is 3.80. The van der Waals surface area contributed by atoms with Crippen molar-refractivity contribution < 1.29 is 23.4 Å². The Labute approximate surface area is 181 Å². The summed E-state index contributed by atoms with van der Waals surface area (Å²) in [4.78, 5) is 15.0. The van der Waals surface area contributed by atoms with E-state index in [0.717, 1.165) is 54.4 Å². The van der Waals surface area contributed by atoms with Gasteiger partial charge in [-0.1, -0.05) is 18.2 Å². The van der Waals surface area contributed by atoms with Crippen molar-refractivity contribution in [1.82, 2.24) is 4.90 Å². The summed E-state index contributed by atoms with van der Waals surface area (Å²) in [5.41, 5.74) is 1.95. The Morgan fingerprint density at radius 3 is 2.84 bits per heavy atom. The van der Waals surface area contributed by atoms with Gasteiger partial charge in [0, 0.05) is 43.6 Å². The minimum Gasteiger partial charge on any atom is -0.495 e. The van der Waals surface area contributed by atoms with Crippen molar-refractivity contribution in [2.24, 2.45) is 0 Å². The molecule has 2 saturated heterocycles. The first-order valence-corrected chi connectivity index (χ1v) is 10.8. The van der Waals surface area contributed by atoms with Crippen molar-refractivity contribution in [2.75, 3.05) is 45.8 Å². The van der Waals surface area contributed by atoms with Crippen LogP contribution in [0.3, 0.4) is 0 Å². The molecule has 2 fully saturated rings. The second-order valence-corrected chi connectivity index (χ2v) is 8.42. The number of hydrogen-bond acceptors (Lipinski definition) is 6. The number of rotatable bonds is 5. The maximum Gasteiger partial charge on any atom is 0.238 e. The van der Waals surface area contributed by atoms with E-state index in [2.05, 4.69) is 10.2 Å². The number of furan rings is 1. The third kappa shape index (κ3) is 3.67. The number of likely N-dealkylation sites (tertiary alicyclic amines) is 1. The lowest BCUT2D eigenvalue weighted by atomic mass is 9.86. The number of fused-ring (bicyclic) bond motifs is 3. The molecular formula is C24H28N2O5. The van der Waals surface area contributed by atoms with E-state index in [-0.39, 0.29) is 24.2 Å². The summed E-state index contributed by atoms with van der Waals surface area (Å²) < 4.78 is 23.3. The van der Waals surface area contributed by atoms with E-state index in [1.807, 2.05) is 36.4 Å². The minimum absolute atomic E-state index is 0.0158. The van der Waals surface area contributed by atoms with Crippen molar-refractivity contribution in [3.63, 3.8) is 0 Å². The van der Waals surface area contributed by atoms with E-state index in [4.69, 9.17) is 18.6 Å². The molecule has 2 aliphatic rings. The molecule has 3 heterocycles. The molecule has 0 unspecified atom stereocenters. The smallest absolute Gasteiger partial charge is 0.238 e. The van der Waals surface area contributed by atoms with Gasteiger partial charge in [0.15, 0.2) is 0 Å². The number of benzene rings is 2. The number of carbonyl (C=O) groups is 1. The molecule has 0 aliphatic carbocycles. The minimum atomic E-state index is -0.183. The van der Waals surface area contributed by atoms with Crippen LogP contribution in [0.5, 0.6) is 5.75 Å². The highest BCUT2D eigenvalue weighted by atomic mass is 16.5. The van der Waals surface area contributed by atoms with Crippen LogP contribution in [-0.4, -0.2) is 63.0 Å². The van der Waals surface area contributed by atoms with E-state index in [1.54, 1.807) is 14.2 Å². The number of nitrogens with zero attached hydrogens (tertiary/aromatic N) is 1. The summed E-state index contributed by atoms with van der Waals surface area (Å²) in [5, 5.41) is 4.99. The maximum atomic E-state index is 12.9. The summed E-state index contributed by atoms with van der Waals surface area (Å²) in [5.74, 6) is 0.519. The van der Waals surface area contributed by atoms with Crippen LogP contribution in [0.4, 0.5) is 5.69 Å². The highest BCUT2D eigenvalue weighted by molar-refractivity contribution is 6.07. The Morgan fingerprint density at radius 1 is 1.19 bits per heavy atom. The molecule has 164 valence electrons. The Balaban J connectivity index is 1.31. The molecule has 3 aromatic rings. The van der Waals surface area contributed by atoms with Gasteiger partial charge in [0.05, 0.1) is 31.0 Å². The highest BCUT2D eigenvalue weighted by Gasteiger charge is 2.46. The number of ether oxygens (including phenoxy) is 3. The molecule has 5 rings (SSSR count). The number of methoxy groups -OCH3 is 2. The summed E-state index contributed by atoms with van der Waals surface area (Å²) in [6.07, 6.45) is 2.97. The first kappa shape index (κ1) is 20.3. The first-order chi connectivity index (χ1) is 15.1. The zero-order valence-electron chi connectivity index (χ0n) is 18.0. The van der Waals surface area contributed by atoms with Crippen molar-refractivity contribution in [2.45, 2.75) is 31.0 Å². The van der Waals surface area contributed by atoms with E-state index in [9.17, 15) is 4.79 Å². The van der Waals surface area contributed by atoms with E-state index in [1.165, 1.54) is 0 Å². The van der Waals surface area contributed by atoms with Crippen molar-refractivity contribution in [3.8, 4) is 5.75 Å². The molecule has 31 heavy (non-hydrogen) atoms. The molecule has 7 nitrogen and oxygen atoms in total. The van der Waals surface area contributed by atoms with Crippen molar-refractivity contribution in [3.05, 3.63) is 36.4 Å². The van der Waals surface area contributed by atoms with Gasteiger partial charge in [-0.05, 0) is 31.4 Å². The molecule has 1 spiro atoms. The summed E-state index contributed by atoms with van der Waals surface area (Å²) in [6, 6.07) is 11.6. The molecule has 2 aromatic carbocycles. The van der Waals surface area contributed by atoms with Crippen LogP contribution in [0.1, 0.15) is 19.3 Å². The number of carbonyl (C=O) groups excluding carboxylic acids is 1. The first-order valence-electron chi connectivity index (χ1n) is 10.8. The van der Waals surface area contributed by atoms with Crippen LogP contribution in [-0.2, 0) is 14.3 Å². The molecule has 1 N–H and O–H groups in total. The lowest BCUT2D eigenvalue weighted by molar-refractivity contribution is -0.145. The standard InChI is InChI=1S/C24H28N2O5/c1-28-21-12-17-16-6-3-4-7-19(16)31-20(17)13-18(21)25-23(27)15-26-10-9-24(8-5-11-30-24)22(14-26)29-2/h3-4,6-7,12-13,22H,5,8-11,14-15H2,1-2H3,(H,25,27)/t22-,24+/m1/s1. The molecule has 0 radical (unpaired) electrons. The molecular weight excluding hydrogens is 396 g/mol. The molecule has 0 bridgehead atoms. The van der Waals surface area contributed by atoms with Gasteiger partial charge in [-0.15, -0.1) is 0 Å². The average molecular weight is 424 g/mol. The molecule has 1 aromatic heterocycles. The normalized spacial score (nSPS) is 24.3. The molecule has 0 saturated carbocycles. The number of amides is 1. The third-order valence-corrected chi connectivity index (χ3v) is 6.62. The number of nitrogens with one attached hydrogen (secondary N) is 1. The Bertz CT molecular complexity index is 1100. The molecule has 2 aliphatic heterocycles. The monoisotopic (exact) mass is 424 g/mol. The number of para-hydroxylation sites is 1. The van der Waals surface area contributed by atoms with Gasteiger partial charge < -0.3 is 23.9 Å². The average Bonchev–Trinajstić information content (AvgIpc) is 3.39. The SMILES string of the molecule is COc1cc2c(cc1NC(=O)CN1CC[C@@]3(CCCO3)[C@H](OC)C1)oc1ccccc12. The van der Waals surface area contributed by atoms with Crippen LogP contribution in [0.2, 0.25) is 0 Å². The van der Waals surface area contributed by atoms with Gasteiger partial charge in [0.2, 0.25) is 5.91 Å². The second-order valence-electron chi connectivity index (χ2n) is 8.42. The molecule has 7 heteroatoms. The number of anilines is 1. The van der Waals surface area contributed by atoms with E-state index >= 15 is 0 Å². The van der Waals surface area contributed by atoms with E-state index < -0.39 is 0 Å². The fourth-order valence-electron chi connectivity index (χ4n) is 5.01. The number of piperidine rings is 1.